The molecule has 0 spiro atoms. The number of alkyl halides is 2. The molecule has 1 heterocycles. The SMILES string of the molecule is CCOC(=O)c1cc(OC(F)F)n(Cc2cccc(F)c2F)n1. The Kier molecular flexibility index (Phi) is 5.20. The van der Waals surface area contributed by atoms with E-state index < -0.39 is 36.6 Å². The summed E-state index contributed by atoms with van der Waals surface area (Å²) < 4.78 is 61.5. The van der Waals surface area contributed by atoms with E-state index in [2.05, 4.69) is 9.84 Å². The lowest BCUT2D eigenvalue weighted by Crippen LogP contribution is -2.12. The lowest BCUT2D eigenvalue weighted by Gasteiger charge is -2.09. The molecule has 23 heavy (non-hydrogen) atoms. The van der Waals surface area contributed by atoms with Gasteiger partial charge in [0, 0.05) is 11.6 Å². The Labute approximate surface area is 128 Å². The topological polar surface area (TPSA) is 53.4 Å². The number of carbonyl (C=O) groups excluding carboxylic acids is 1. The number of benzene rings is 1. The summed E-state index contributed by atoms with van der Waals surface area (Å²) in [4.78, 5) is 11.6. The summed E-state index contributed by atoms with van der Waals surface area (Å²) in [6, 6.07) is 4.39. The molecule has 0 atom stereocenters. The summed E-state index contributed by atoms with van der Waals surface area (Å²) in [6.45, 7) is -1.94. The summed E-state index contributed by atoms with van der Waals surface area (Å²) in [5.41, 5.74) is -0.415. The van der Waals surface area contributed by atoms with Crippen LogP contribution in [0, 0.1) is 11.6 Å². The van der Waals surface area contributed by atoms with Crippen LogP contribution in [0.1, 0.15) is 23.0 Å². The van der Waals surface area contributed by atoms with Gasteiger partial charge in [-0.05, 0) is 13.0 Å². The molecule has 0 fully saturated rings. The van der Waals surface area contributed by atoms with Crippen molar-refractivity contribution in [2.24, 2.45) is 0 Å². The third kappa shape index (κ3) is 3.99. The van der Waals surface area contributed by atoms with E-state index in [4.69, 9.17) is 4.74 Å². The highest BCUT2D eigenvalue weighted by molar-refractivity contribution is 5.87. The molecule has 5 nitrogen and oxygen atoms in total. The normalized spacial score (nSPS) is 10.9. The molecule has 0 aliphatic heterocycles. The zero-order valence-electron chi connectivity index (χ0n) is 11.9. The second kappa shape index (κ2) is 7.12. The van der Waals surface area contributed by atoms with Gasteiger partial charge in [-0.1, -0.05) is 12.1 Å². The molecule has 2 rings (SSSR count). The first kappa shape index (κ1) is 16.8. The molecule has 0 N–H and O–H groups in total. The summed E-state index contributed by atoms with van der Waals surface area (Å²) in [5, 5.41) is 3.74. The summed E-state index contributed by atoms with van der Waals surface area (Å²) in [7, 11) is 0. The predicted octanol–water partition coefficient (Wildman–Crippen LogP) is 2.99. The van der Waals surface area contributed by atoms with Crippen LogP contribution in [0.15, 0.2) is 24.3 Å². The van der Waals surface area contributed by atoms with Crippen LogP contribution >= 0.6 is 0 Å². The van der Waals surface area contributed by atoms with Crippen molar-refractivity contribution in [2.75, 3.05) is 6.61 Å². The third-order valence-corrected chi connectivity index (χ3v) is 2.79. The maximum atomic E-state index is 13.7. The quantitative estimate of drug-likeness (QED) is 0.603. The van der Waals surface area contributed by atoms with Gasteiger partial charge in [-0.2, -0.15) is 13.9 Å². The summed E-state index contributed by atoms with van der Waals surface area (Å²) >= 11 is 0. The number of hydrogen-bond acceptors (Lipinski definition) is 4. The first-order chi connectivity index (χ1) is 10.9. The number of aromatic nitrogens is 2. The second-order valence-corrected chi connectivity index (χ2v) is 4.34. The maximum absolute atomic E-state index is 13.7. The summed E-state index contributed by atoms with van der Waals surface area (Å²) in [5.74, 6) is -3.53. The van der Waals surface area contributed by atoms with Crippen molar-refractivity contribution in [1.82, 2.24) is 9.78 Å². The first-order valence-corrected chi connectivity index (χ1v) is 6.55. The van der Waals surface area contributed by atoms with E-state index in [9.17, 15) is 22.4 Å². The van der Waals surface area contributed by atoms with Crippen molar-refractivity contribution < 1.29 is 31.8 Å². The van der Waals surface area contributed by atoms with Gasteiger partial charge in [0.05, 0.1) is 13.2 Å². The van der Waals surface area contributed by atoms with Gasteiger partial charge >= 0.3 is 12.6 Å². The molecule has 1 aromatic heterocycles. The highest BCUT2D eigenvalue weighted by Crippen LogP contribution is 2.20. The standard InChI is InChI=1S/C14H12F4N2O3/c1-2-22-13(21)10-6-11(23-14(17)18)20(19-10)7-8-4-3-5-9(15)12(8)16/h3-6,14H,2,7H2,1H3. The fourth-order valence-corrected chi connectivity index (χ4v) is 1.84. The van der Waals surface area contributed by atoms with Crippen LogP contribution in [0.3, 0.4) is 0 Å². The minimum Gasteiger partial charge on any atom is -0.461 e. The van der Waals surface area contributed by atoms with Gasteiger partial charge in [0.15, 0.2) is 17.3 Å². The van der Waals surface area contributed by atoms with E-state index >= 15 is 0 Å². The Balaban J connectivity index is 2.35. The van der Waals surface area contributed by atoms with Crippen LogP contribution < -0.4 is 4.74 Å². The third-order valence-electron chi connectivity index (χ3n) is 2.79. The van der Waals surface area contributed by atoms with Gasteiger partial charge in [-0.15, -0.1) is 0 Å². The van der Waals surface area contributed by atoms with Gasteiger partial charge in [-0.3, -0.25) is 0 Å². The van der Waals surface area contributed by atoms with E-state index in [0.717, 1.165) is 16.8 Å². The lowest BCUT2D eigenvalue weighted by molar-refractivity contribution is -0.0556. The fourth-order valence-electron chi connectivity index (χ4n) is 1.84. The molecule has 124 valence electrons. The Morgan fingerprint density at radius 2 is 2.09 bits per heavy atom. The van der Waals surface area contributed by atoms with E-state index in [0.29, 0.717) is 0 Å². The van der Waals surface area contributed by atoms with Crippen molar-refractivity contribution in [1.29, 1.82) is 0 Å². The van der Waals surface area contributed by atoms with E-state index in [1.165, 1.54) is 12.1 Å². The molecule has 0 radical (unpaired) electrons. The van der Waals surface area contributed by atoms with Crippen LogP contribution in [0.2, 0.25) is 0 Å². The van der Waals surface area contributed by atoms with Gasteiger partial charge in [0.1, 0.15) is 0 Å². The van der Waals surface area contributed by atoms with Crippen molar-refractivity contribution in [3.05, 3.63) is 47.2 Å². The predicted molar refractivity (Wildman–Crippen MR) is 70.3 cm³/mol. The van der Waals surface area contributed by atoms with E-state index in [1.807, 2.05) is 0 Å². The van der Waals surface area contributed by atoms with Crippen molar-refractivity contribution in [3.63, 3.8) is 0 Å². The van der Waals surface area contributed by atoms with Crippen LogP contribution in [0.25, 0.3) is 0 Å². The van der Waals surface area contributed by atoms with Gasteiger partial charge in [-0.25, -0.2) is 18.3 Å². The number of esters is 1. The van der Waals surface area contributed by atoms with Crippen molar-refractivity contribution >= 4 is 5.97 Å². The van der Waals surface area contributed by atoms with Crippen molar-refractivity contribution in [3.8, 4) is 5.88 Å². The smallest absolute Gasteiger partial charge is 0.388 e. The average molecular weight is 332 g/mol. The number of nitrogens with zero attached hydrogens (tertiary/aromatic N) is 2. The minimum absolute atomic E-state index is 0.0647. The van der Waals surface area contributed by atoms with Crippen LogP contribution in [-0.2, 0) is 11.3 Å². The summed E-state index contributed by atoms with van der Waals surface area (Å²) in [6.07, 6.45) is 0. The van der Waals surface area contributed by atoms with Crippen LogP contribution in [-0.4, -0.2) is 29.0 Å². The Bertz CT molecular complexity index is 703. The van der Waals surface area contributed by atoms with Crippen LogP contribution in [0.4, 0.5) is 17.6 Å². The van der Waals surface area contributed by atoms with Gasteiger partial charge in [0.2, 0.25) is 5.88 Å². The zero-order valence-corrected chi connectivity index (χ0v) is 11.9. The number of rotatable bonds is 6. The monoisotopic (exact) mass is 332 g/mol. The van der Waals surface area contributed by atoms with E-state index in [-0.39, 0.29) is 17.9 Å². The van der Waals surface area contributed by atoms with Crippen molar-refractivity contribution in [2.45, 2.75) is 20.1 Å². The molecule has 9 heteroatoms. The molecular formula is C14H12F4N2O3. The molecule has 0 saturated heterocycles. The molecule has 0 amide bonds. The molecule has 0 unspecified atom stereocenters. The molecule has 0 saturated carbocycles. The van der Waals surface area contributed by atoms with Gasteiger partial charge in [0.25, 0.3) is 0 Å². The highest BCUT2D eigenvalue weighted by atomic mass is 19.3. The molecular weight excluding hydrogens is 320 g/mol. The molecule has 1 aromatic carbocycles. The second-order valence-electron chi connectivity index (χ2n) is 4.34. The number of hydrogen-bond donors (Lipinski definition) is 0. The average Bonchev–Trinajstić information content (AvgIpc) is 2.86. The lowest BCUT2D eigenvalue weighted by atomic mass is 10.2. The Hall–Kier alpha value is -2.58. The molecule has 2 aromatic rings. The largest absolute Gasteiger partial charge is 0.461 e. The molecule has 0 aliphatic rings. The highest BCUT2D eigenvalue weighted by Gasteiger charge is 2.20. The Morgan fingerprint density at radius 3 is 2.74 bits per heavy atom. The molecule has 0 aliphatic carbocycles. The number of halogens is 4. The fraction of sp³-hybridized carbons (Fsp3) is 0.286. The van der Waals surface area contributed by atoms with E-state index in [1.54, 1.807) is 6.92 Å². The first-order valence-electron chi connectivity index (χ1n) is 6.55. The number of carbonyl (C=O) groups is 1. The Morgan fingerprint density at radius 1 is 1.35 bits per heavy atom. The van der Waals surface area contributed by atoms with Gasteiger partial charge < -0.3 is 9.47 Å². The van der Waals surface area contributed by atoms with Crippen LogP contribution in [0.5, 0.6) is 5.88 Å². The zero-order chi connectivity index (χ0) is 17.0. The molecule has 0 bridgehead atoms. The minimum atomic E-state index is -3.17. The maximum Gasteiger partial charge on any atom is 0.388 e. The number of ether oxygens (including phenoxy) is 2.